The van der Waals surface area contributed by atoms with Crippen molar-refractivity contribution in [1.82, 2.24) is 10.2 Å². The summed E-state index contributed by atoms with van der Waals surface area (Å²) in [4.78, 5) is 2.66. The molecule has 3 heteroatoms. The number of nitrogens with zero attached hydrogens (tertiary/aromatic N) is 1. The van der Waals surface area contributed by atoms with E-state index in [1.807, 2.05) is 0 Å². The SMILES string of the molecule is CCCC(CNCC)N(CCOC)C1CC1. The first-order valence-electron chi connectivity index (χ1n) is 6.78. The molecule has 0 aliphatic heterocycles. The molecule has 0 spiro atoms. The van der Waals surface area contributed by atoms with Gasteiger partial charge in [0.25, 0.3) is 0 Å². The Bertz CT molecular complexity index is 171. The van der Waals surface area contributed by atoms with E-state index in [0.29, 0.717) is 6.04 Å². The van der Waals surface area contributed by atoms with Crippen LogP contribution in [0.3, 0.4) is 0 Å². The summed E-state index contributed by atoms with van der Waals surface area (Å²) >= 11 is 0. The van der Waals surface area contributed by atoms with Crippen LogP contribution in [0.4, 0.5) is 0 Å². The van der Waals surface area contributed by atoms with Gasteiger partial charge in [-0.05, 0) is 25.8 Å². The van der Waals surface area contributed by atoms with Crippen molar-refractivity contribution in [3.8, 4) is 0 Å². The van der Waals surface area contributed by atoms with Gasteiger partial charge in [-0.15, -0.1) is 0 Å². The Labute approximate surface area is 101 Å². The fourth-order valence-corrected chi connectivity index (χ4v) is 2.30. The van der Waals surface area contributed by atoms with Gasteiger partial charge in [-0.2, -0.15) is 0 Å². The maximum absolute atomic E-state index is 5.22. The first-order chi connectivity index (χ1) is 7.83. The average Bonchev–Trinajstić information content (AvgIpc) is 3.10. The monoisotopic (exact) mass is 228 g/mol. The van der Waals surface area contributed by atoms with Crippen LogP contribution < -0.4 is 5.32 Å². The average molecular weight is 228 g/mol. The van der Waals surface area contributed by atoms with Crippen molar-refractivity contribution >= 4 is 0 Å². The molecule has 1 saturated carbocycles. The molecule has 0 aromatic heterocycles. The molecule has 0 saturated heterocycles. The third-order valence-electron chi connectivity index (χ3n) is 3.29. The van der Waals surface area contributed by atoms with Gasteiger partial charge in [0.2, 0.25) is 0 Å². The van der Waals surface area contributed by atoms with Crippen LogP contribution in [0.25, 0.3) is 0 Å². The summed E-state index contributed by atoms with van der Waals surface area (Å²) in [6.45, 7) is 8.62. The second-order valence-electron chi connectivity index (χ2n) is 4.71. The van der Waals surface area contributed by atoms with Gasteiger partial charge in [-0.1, -0.05) is 20.3 Å². The van der Waals surface area contributed by atoms with Crippen molar-refractivity contribution < 1.29 is 4.74 Å². The van der Waals surface area contributed by atoms with Gasteiger partial charge in [0.05, 0.1) is 6.61 Å². The first kappa shape index (κ1) is 13.9. The lowest BCUT2D eigenvalue weighted by molar-refractivity contribution is 0.108. The third-order valence-corrected chi connectivity index (χ3v) is 3.29. The minimum absolute atomic E-state index is 0.701. The molecule has 0 aromatic carbocycles. The fourth-order valence-electron chi connectivity index (χ4n) is 2.30. The molecule has 0 heterocycles. The van der Waals surface area contributed by atoms with E-state index in [0.717, 1.165) is 32.3 Å². The highest BCUT2D eigenvalue weighted by Gasteiger charge is 2.32. The summed E-state index contributed by atoms with van der Waals surface area (Å²) in [5.74, 6) is 0. The Morgan fingerprint density at radius 3 is 2.62 bits per heavy atom. The van der Waals surface area contributed by atoms with Gasteiger partial charge in [-0.25, -0.2) is 0 Å². The number of nitrogens with one attached hydrogen (secondary N) is 1. The Morgan fingerprint density at radius 2 is 2.12 bits per heavy atom. The lowest BCUT2D eigenvalue weighted by Crippen LogP contribution is -2.45. The van der Waals surface area contributed by atoms with Crippen molar-refractivity contribution in [1.29, 1.82) is 0 Å². The molecule has 1 rings (SSSR count). The van der Waals surface area contributed by atoms with Crippen LogP contribution in [0.1, 0.15) is 39.5 Å². The van der Waals surface area contributed by atoms with Crippen LogP contribution in [-0.2, 0) is 4.74 Å². The highest BCUT2D eigenvalue weighted by molar-refractivity contribution is 4.89. The third kappa shape index (κ3) is 4.81. The topological polar surface area (TPSA) is 24.5 Å². The van der Waals surface area contributed by atoms with E-state index in [4.69, 9.17) is 4.74 Å². The van der Waals surface area contributed by atoms with Crippen LogP contribution in [0.15, 0.2) is 0 Å². The molecule has 1 unspecified atom stereocenters. The number of likely N-dealkylation sites (N-methyl/N-ethyl adjacent to an activating group) is 1. The number of hydrogen-bond donors (Lipinski definition) is 1. The minimum Gasteiger partial charge on any atom is -0.383 e. The molecule has 3 nitrogen and oxygen atoms in total. The number of rotatable bonds is 10. The molecule has 0 amide bonds. The van der Waals surface area contributed by atoms with E-state index in [-0.39, 0.29) is 0 Å². The lowest BCUT2D eigenvalue weighted by atomic mass is 10.1. The van der Waals surface area contributed by atoms with Crippen molar-refractivity contribution in [2.24, 2.45) is 0 Å². The fraction of sp³-hybridized carbons (Fsp3) is 1.00. The van der Waals surface area contributed by atoms with Crippen LogP contribution in [0.5, 0.6) is 0 Å². The van der Waals surface area contributed by atoms with Gasteiger partial charge < -0.3 is 10.1 Å². The Morgan fingerprint density at radius 1 is 1.38 bits per heavy atom. The zero-order valence-corrected chi connectivity index (χ0v) is 11.2. The molecule has 1 aliphatic carbocycles. The quantitative estimate of drug-likeness (QED) is 0.618. The van der Waals surface area contributed by atoms with Crippen LogP contribution in [0.2, 0.25) is 0 Å². The Hall–Kier alpha value is -0.120. The molecule has 0 radical (unpaired) electrons. The minimum atomic E-state index is 0.701. The van der Waals surface area contributed by atoms with E-state index in [2.05, 4.69) is 24.1 Å². The molecule has 96 valence electrons. The molecule has 1 atom stereocenters. The van der Waals surface area contributed by atoms with E-state index in [9.17, 15) is 0 Å². The molecule has 1 aliphatic rings. The lowest BCUT2D eigenvalue weighted by Gasteiger charge is -2.31. The maximum Gasteiger partial charge on any atom is 0.0589 e. The van der Waals surface area contributed by atoms with Crippen LogP contribution in [-0.4, -0.2) is 50.3 Å². The Kier molecular flexibility index (Phi) is 7.01. The summed E-state index contributed by atoms with van der Waals surface area (Å²) in [5, 5.41) is 3.49. The highest BCUT2D eigenvalue weighted by atomic mass is 16.5. The van der Waals surface area contributed by atoms with Crippen molar-refractivity contribution in [3.05, 3.63) is 0 Å². The Balaban J connectivity index is 2.40. The zero-order chi connectivity index (χ0) is 11.8. The first-order valence-corrected chi connectivity index (χ1v) is 6.78. The largest absolute Gasteiger partial charge is 0.383 e. The van der Waals surface area contributed by atoms with Crippen LogP contribution >= 0.6 is 0 Å². The van der Waals surface area contributed by atoms with Crippen LogP contribution in [0, 0.1) is 0 Å². The van der Waals surface area contributed by atoms with Crippen molar-refractivity contribution in [2.45, 2.75) is 51.6 Å². The highest BCUT2D eigenvalue weighted by Crippen LogP contribution is 2.29. The van der Waals surface area contributed by atoms with Gasteiger partial charge in [-0.3, -0.25) is 4.90 Å². The van der Waals surface area contributed by atoms with E-state index < -0.39 is 0 Å². The van der Waals surface area contributed by atoms with E-state index in [1.165, 1.54) is 25.7 Å². The summed E-state index contributed by atoms with van der Waals surface area (Å²) in [6.07, 6.45) is 5.34. The van der Waals surface area contributed by atoms with Gasteiger partial charge >= 0.3 is 0 Å². The van der Waals surface area contributed by atoms with Gasteiger partial charge in [0.1, 0.15) is 0 Å². The second-order valence-corrected chi connectivity index (χ2v) is 4.71. The predicted molar refractivity (Wildman–Crippen MR) is 68.8 cm³/mol. The molecule has 16 heavy (non-hydrogen) atoms. The summed E-state index contributed by atoms with van der Waals surface area (Å²) in [7, 11) is 1.80. The molecule has 1 N–H and O–H groups in total. The van der Waals surface area contributed by atoms with E-state index in [1.54, 1.807) is 7.11 Å². The number of hydrogen-bond acceptors (Lipinski definition) is 3. The molecule has 0 bridgehead atoms. The number of methoxy groups -OCH3 is 1. The van der Waals surface area contributed by atoms with Crippen molar-refractivity contribution in [2.75, 3.05) is 33.4 Å². The van der Waals surface area contributed by atoms with Gasteiger partial charge in [0, 0.05) is 32.3 Å². The predicted octanol–water partition coefficient (Wildman–Crippen LogP) is 1.88. The van der Waals surface area contributed by atoms with E-state index >= 15 is 0 Å². The second kappa shape index (κ2) is 8.04. The standard InChI is InChI=1S/C13H28N2O/c1-4-6-13(11-14-5-2)15(9-10-16-3)12-7-8-12/h12-14H,4-11H2,1-3H3. The normalized spacial score (nSPS) is 18.0. The smallest absolute Gasteiger partial charge is 0.0589 e. The summed E-state index contributed by atoms with van der Waals surface area (Å²) in [6, 6.07) is 1.54. The van der Waals surface area contributed by atoms with Gasteiger partial charge in [0.15, 0.2) is 0 Å². The molecular weight excluding hydrogens is 200 g/mol. The summed E-state index contributed by atoms with van der Waals surface area (Å²) in [5.41, 5.74) is 0. The zero-order valence-electron chi connectivity index (χ0n) is 11.2. The summed E-state index contributed by atoms with van der Waals surface area (Å²) < 4.78 is 5.22. The molecule has 1 fully saturated rings. The van der Waals surface area contributed by atoms with Crippen molar-refractivity contribution in [3.63, 3.8) is 0 Å². The molecular formula is C13H28N2O. The molecule has 0 aromatic rings. The number of ether oxygens (including phenoxy) is 1. The maximum atomic E-state index is 5.22.